The fraction of sp³-hybridized carbons (Fsp3) is 0.706. The van der Waals surface area contributed by atoms with E-state index in [1.165, 1.54) is 0 Å². The van der Waals surface area contributed by atoms with Crippen molar-refractivity contribution in [2.75, 3.05) is 0 Å². The third-order valence-corrected chi connectivity index (χ3v) is 3.84. The minimum Gasteiger partial charge on any atom is -0.248 e. The van der Waals surface area contributed by atoms with Crippen LogP contribution < -0.4 is 0 Å². The van der Waals surface area contributed by atoms with Crippen LogP contribution >= 0.6 is 0 Å². The molecule has 0 atom stereocenters. The quantitative estimate of drug-likeness (QED) is 0.696. The van der Waals surface area contributed by atoms with Crippen LogP contribution in [0.15, 0.2) is 0 Å². The maximum absolute atomic E-state index is 13.2. The number of halogens is 3. The molecule has 2 rings (SSSR count). The summed E-state index contributed by atoms with van der Waals surface area (Å²) in [5.41, 5.74) is 2.44. The van der Waals surface area contributed by atoms with E-state index in [1.807, 2.05) is 34.6 Å². The van der Waals surface area contributed by atoms with E-state index >= 15 is 0 Å². The molecule has 21 heavy (non-hydrogen) atoms. The number of nitrogens with zero attached hydrogens (tertiary/aromatic N) is 1. The summed E-state index contributed by atoms with van der Waals surface area (Å²) in [7, 11) is 0. The molecule has 1 aromatic rings. The van der Waals surface area contributed by atoms with E-state index in [9.17, 15) is 13.2 Å². The van der Waals surface area contributed by atoms with Crippen LogP contribution in [0.2, 0.25) is 0 Å². The molecule has 0 spiro atoms. The van der Waals surface area contributed by atoms with Crippen molar-refractivity contribution in [2.45, 2.75) is 78.8 Å². The lowest BCUT2D eigenvalue weighted by Gasteiger charge is -2.21. The van der Waals surface area contributed by atoms with Gasteiger partial charge in [-0.25, -0.2) is 4.98 Å². The van der Waals surface area contributed by atoms with Gasteiger partial charge in [0.15, 0.2) is 0 Å². The lowest BCUT2D eigenvalue weighted by molar-refractivity contribution is -0.142. The first kappa shape index (κ1) is 18.0. The molecule has 1 aliphatic rings. The summed E-state index contributed by atoms with van der Waals surface area (Å²) < 4.78 is 39.7. The Morgan fingerprint density at radius 1 is 0.952 bits per heavy atom. The van der Waals surface area contributed by atoms with Crippen LogP contribution in [0.1, 0.15) is 81.5 Å². The summed E-state index contributed by atoms with van der Waals surface area (Å²) in [6.07, 6.45) is -0.619. The third-order valence-electron chi connectivity index (χ3n) is 3.84. The van der Waals surface area contributed by atoms with E-state index in [-0.39, 0.29) is 5.92 Å². The molecule has 4 heteroatoms. The van der Waals surface area contributed by atoms with Crippen LogP contribution in [-0.4, -0.2) is 4.98 Å². The largest absolute Gasteiger partial charge is 0.433 e. The van der Waals surface area contributed by atoms with Crippen LogP contribution in [-0.2, 0) is 25.4 Å². The zero-order chi connectivity index (χ0) is 16.2. The topological polar surface area (TPSA) is 12.9 Å². The summed E-state index contributed by atoms with van der Waals surface area (Å²) >= 11 is 0. The van der Waals surface area contributed by atoms with Crippen molar-refractivity contribution < 1.29 is 13.2 Å². The molecule has 1 heterocycles. The Kier molecular flexibility index (Phi) is 6.24. The van der Waals surface area contributed by atoms with Crippen molar-refractivity contribution in [3.05, 3.63) is 28.1 Å². The highest BCUT2D eigenvalue weighted by Crippen LogP contribution is 2.48. The van der Waals surface area contributed by atoms with Gasteiger partial charge in [-0.05, 0) is 54.7 Å². The van der Waals surface area contributed by atoms with Crippen molar-refractivity contribution >= 4 is 0 Å². The second kappa shape index (κ2) is 7.28. The highest BCUT2D eigenvalue weighted by molar-refractivity contribution is 5.45. The highest BCUT2D eigenvalue weighted by Gasteiger charge is 2.42. The van der Waals surface area contributed by atoms with Gasteiger partial charge in [0.05, 0.1) is 0 Å². The fourth-order valence-electron chi connectivity index (χ4n) is 2.88. The molecule has 1 fully saturated rings. The monoisotopic (exact) mass is 301 g/mol. The van der Waals surface area contributed by atoms with Crippen molar-refractivity contribution in [2.24, 2.45) is 0 Å². The van der Waals surface area contributed by atoms with Gasteiger partial charge in [0.25, 0.3) is 0 Å². The van der Waals surface area contributed by atoms with E-state index in [0.717, 1.165) is 30.4 Å². The van der Waals surface area contributed by atoms with Crippen LogP contribution in [0.25, 0.3) is 0 Å². The molecule has 0 aromatic carbocycles. The van der Waals surface area contributed by atoms with E-state index in [1.54, 1.807) is 0 Å². The van der Waals surface area contributed by atoms with E-state index in [0.29, 0.717) is 24.1 Å². The first-order valence-electron chi connectivity index (χ1n) is 8.05. The van der Waals surface area contributed by atoms with Crippen molar-refractivity contribution in [3.8, 4) is 0 Å². The molecule has 1 saturated carbocycles. The van der Waals surface area contributed by atoms with Gasteiger partial charge in [0.2, 0.25) is 0 Å². The number of rotatable bonds is 4. The Balaban J connectivity index is 0.00000106. The summed E-state index contributed by atoms with van der Waals surface area (Å²) in [6, 6.07) is 0. The minimum absolute atomic E-state index is 0.0790. The van der Waals surface area contributed by atoms with E-state index in [2.05, 4.69) is 4.98 Å². The number of aromatic nitrogens is 1. The highest BCUT2D eigenvalue weighted by atomic mass is 19.4. The molecule has 0 amide bonds. The maximum atomic E-state index is 13.2. The summed E-state index contributed by atoms with van der Waals surface area (Å²) in [6.45, 7) is 9.82. The van der Waals surface area contributed by atoms with E-state index < -0.39 is 11.9 Å². The molecular weight excluding hydrogens is 275 g/mol. The van der Waals surface area contributed by atoms with Gasteiger partial charge >= 0.3 is 6.18 Å². The van der Waals surface area contributed by atoms with Crippen molar-refractivity contribution in [3.63, 3.8) is 0 Å². The molecule has 1 aromatic heterocycles. The third kappa shape index (κ3) is 3.78. The van der Waals surface area contributed by atoms with Gasteiger partial charge < -0.3 is 0 Å². The molecule has 1 nitrogen and oxygen atoms in total. The maximum Gasteiger partial charge on any atom is 0.433 e. The summed E-state index contributed by atoms with van der Waals surface area (Å²) in [4.78, 5) is 3.98. The average Bonchev–Trinajstić information content (AvgIpc) is 3.30. The Bertz CT molecular complexity index is 474. The summed E-state index contributed by atoms with van der Waals surface area (Å²) in [5.74, 6) is 0.0790. The van der Waals surface area contributed by atoms with Gasteiger partial charge in [-0.2, -0.15) is 13.2 Å². The Labute approximate surface area is 126 Å². The molecule has 120 valence electrons. The van der Waals surface area contributed by atoms with Crippen LogP contribution in [0.5, 0.6) is 0 Å². The van der Waals surface area contributed by atoms with Gasteiger partial charge in [-0.3, -0.25) is 0 Å². The van der Waals surface area contributed by atoms with Crippen LogP contribution in [0.3, 0.4) is 0 Å². The molecule has 0 saturated heterocycles. The Hall–Kier alpha value is -1.06. The molecule has 1 aliphatic carbocycles. The summed E-state index contributed by atoms with van der Waals surface area (Å²) in [5, 5.41) is 0. The average molecular weight is 301 g/mol. The second-order valence-corrected chi connectivity index (χ2v) is 5.11. The Morgan fingerprint density at radius 2 is 1.48 bits per heavy atom. The van der Waals surface area contributed by atoms with Crippen LogP contribution in [0.4, 0.5) is 13.2 Å². The first-order valence-corrected chi connectivity index (χ1v) is 8.05. The fourth-order valence-corrected chi connectivity index (χ4v) is 2.88. The van der Waals surface area contributed by atoms with Crippen molar-refractivity contribution in [1.82, 2.24) is 4.98 Å². The molecule has 0 radical (unpaired) electrons. The standard InChI is InChI=1S/C15H20F3N.C2H6/c1-4-10-11(5-2)13(9-7-8-9)14(15(16,17)18)19-12(10)6-3;1-2/h9H,4-8H2,1-3H3;1-2H3. The van der Waals surface area contributed by atoms with Gasteiger partial charge in [0.1, 0.15) is 5.69 Å². The normalized spacial score (nSPS) is 14.7. The second-order valence-electron chi connectivity index (χ2n) is 5.11. The predicted molar refractivity (Wildman–Crippen MR) is 80.7 cm³/mol. The predicted octanol–water partition coefficient (Wildman–Crippen LogP) is 5.69. The first-order chi connectivity index (χ1) is 9.93. The zero-order valence-electron chi connectivity index (χ0n) is 13.7. The molecule has 0 N–H and O–H groups in total. The number of pyridine rings is 1. The molecular formula is C17H26F3N. The number of hydrogen-bond acceptors (Lipinski definition) is 1. The van der Waals surface area contributed by atoms with Crippen molar-refractivity contribution in [1.29, 1.82) is 0 Å². The molecule has 0 bridgehead atoms. The lowest BCUT2D eigenvalue weighted by atomic mass is 9.91. The zero-order valence-corrected chi connectivity index (χ0v) is 13.7. The SMILES string of the molecule is CC.CCc1nc(C(F)(F)F)c(C2CC2)c(CC)c1CC. The lowest BCUT2D eigenvalue weighted by Crippen LogP contribution is -2.18. The smallest absolute Gasteiger partial charge is 0.248 e. The number of hydrogen-bond donors (Lipinski definition) is 0. The van der Waals surface area contributed by atoms with E-state index in [4.69, 9.17) is 0 Å². The molecule has 0 unspecified atom stereocenters. The molecule has 0 aliphatic heterocycles. The Morgan fingerprint density at radius 3 is 1.81 bits per heavy atom. The van der Waals surface area contributed by atoms with Gasteiger partial charge in [0, 0.05) is 5.69 Å². The number of aryl methyl sites for hydroxylation is 1. The minimum atomic E-state index is -4.34. The number of alkyl halides is 3. The van der Waals surface area contributed by atoms with Gasteiger partial charge in [-0.15, -0.1) is 0 Å². The van der Waals surface area contributed by atoms with Crippen LogP contribution in [0, 0.1) is 0 Å². The van der Waals surface area contributed by atoms with Gasteiger partial charge in [-0.1, -0.05) is 34.6 Å².